The first-order valence-corrected chi connectivity index (χ1v) is 7.96. The van der Waals surface area contributed by atoms with Crippen LogP contribution in [0.25, 0.3) is 0 Å². The molecule has 2 nitrogen and oxygen atoms in total. The van der Waals surface area contributed by atoms with Gasteiger partial charge in [-0.2, -0.15) is 0 Å². The van der Waals surface area contributed by atoms with Gasteiger partial charge in [0.25, 0.3) is 0 Å². The number of hydrogen-bond donors (Lipinski definition) is 0. The maximum atomic E-state index is 14.0. The van der Waals surface area contributed by atoms with Gasteiger partial charge >= 0.3 is 0 Å². The van der Waals surface area contributed by atoms with Crippen molar-refractivity contribution in [2.45, 2.75) is 51.6 Å². The second kappa shape index (κ2) is 6.89. The summed E-state index contributed by atoms with van der Waals surface area (Å²) in [6.07, 6.45) is 3.59. The number of carbonyl (C=O) groups is 1. The zero-order chi connectivity index (χ0) is 15.5. The molecule has 2 unspecified atom stereocenters. The monoisotopic (exact) mass is 312 g/mol. The molecule has 1 aromatic carbocycles. The zero-order valence-corrected chi connectivity index (χ0v) is 13.4. The van der Waals surface area contributed by atoms with Gasteiger partial charge in [-0.05, 0) is 43.7 Å². The van der Waals surface area contributed by atoms with Crippen LogP contribution in [0, 0.1) is 11.7 Å². The Hall–Kier alpha value is -0.930. The fourth-order valence-electron chi connectivity index (χ4n) is 3.26. The van der Waals surface area contributed by atoms with Crippen molar-refractivity contribution in [1.29, 1.82) is 0 Å². The first-order chi connectivity index (χ1) is 9.98. The number of rotatable bonds is 5. The molecule has 0 N–H and O–H groups in total. The second-order valence-corrected chi connectivity index (χ2v) is 6.35. The van der Waals surface area contributed by atoms with Crippen molar-refractivity contribution in [3.05, 3.63) is 34.6 Å². The lowest BCUT2D eigenvalue weighted by atomic mass is 9.75. The van der Waals surface area contributed by atoms with E-state index in [-0.39, 0.29) is 17.2 Å². The molecule has 1 aromatic rings. The maximum absolute atomic E-state index is 14.0. The van der Waals surface area contributed by atoms with Gasteiger partial charge in [-0.3, -0.25) is 4.79 Å². The van der Waals surface area contributed by atoms with E-state index in [0.29, 0.717) is 18.1 Å². The molecular weight excluding hydrogens is 291 g/mol. The van der Waals surface area contributed by atoms with Crippen LogP contribution in [0.5, 0.6) is 0 Å². The van der Waals surface area contributed by atoms with Gasteiger partial charge < -0.3 is 4.74 Å². The van der Waals surface area contributed by atoms with Gasteiger partial charge in [0.2, 0.25) is 0 Å². The lowest BCUT2D eigenvalue weighted by Gasteiger charge is -2.38. The fraction of sp³-hybridized carbons (Fsp3) is 0.588. The average molecular weight is 313 g/mol. The molecule has 21 heavy (non-hydrogen) atoms. The van der Waals surface area contributed by atoms with Crippen molar-refractivity contribution < 1.29 is 13.9 Å². The molecule has 1 fully saturated rings. The highest BCUT2D eigenvalue weighted by Gasteiger charge is 2.42. The molecule has 0 aliphatic heterocycles. The Bertz CT molecular complexity index is 514. The summed E-state index contributed by atoms with van der Waals surface area (Å²) in [5.74, 6) is -0.0708. The van der Waals surface area contributed by atoms with E-state index in [0.717, 1.165) is 25.7 Å². The number of carbonyl (C=O) groups excluding carboxylic acids is 1. The third-order valence-electron chi connectivity index (χ3n) is 4.27. The first-order valence-electron chi connectivity index (χ1n) is 7.58. The van der Waals surface area contributed by atoms with E-state index >= 15 is 0 Å². The molecule has 0 spiro atoms. The number of halogens is 2. The Labute approximate surface area is 130 Å². The number of ketones is 1. The lowest BCUT2D eigenvalue weighted by molar-refractivity contribution is -0.150. The van der Waals surface area contributed by atoms with E-state index < -0.39 is 11.4 Å². The fourth-order valence-corrected chi connectivity index (χ4v) is 3.46. The standard InChI is InChI=1S/C17H22ClFO2/c1-3-21-17(9-5-6-12(2)11-17)15(20)10-13-7-4-8-14(18)16(13)19/h4,7-8,12H,3,5-6,9-11H2,1-2H3. The molecule has 1 aliphatic carbocycles. The first kappa shape index (κ1) is 16.4. The van der Waals surface area contributed by atoms with E-state index in [1.165, 1.54) is 6.07 Å². The molecule has 0 heterocycles. The molecule has 1 saturated carbocycles. The summed E-state index contributed by atoms with van der Waals surface area (Å²) in [6, 6.07) is 4.78. The molecule has 4 heteroatoms. The molecule has 0 saturated heterocycles. The smallest absolute Gasteiger partial charge is 0.169 e. The summed E-state index contributed by atoms with van der Waals surface area (Å²) in [5, 5.41) is 0.0581. The van der Waals surface area contributed by atoms with Crippen LogP contribution in [0.3, 0.4) is 0 Å². The Morgan fingerprint density at radius 2 is 2.29 bits per heavy atom. The Morgan fingerprint density at radius 3 is 2.95 bits per heavy atom. The van der Waals surface area contributed by atoms with Crippen molar-refractivity contribution in [2.24, 2.45) is 5.92 Å². The molecular formula is C17H22ClFO2. The second-order valence-electron chi connectivity index (χ2n) is 5.94. The van der Waals surface area contributed by atoms with E-state index in [2.05, 4.69) is 6.92 Å². The van der Waals surface area contributed by atoms with E-state index in [4.69, 9.17) is 16.3 Å². The maximum Gasteiger partial charge on any atom is 0.169 e. The van der Waals surface area contributed by atoms with Crippen LogP contribution in [0.15, 0.2) is 18.2 Å². The van der Waals surface area contributed by atoms with Crippen molar-refractivity contribution >= 4 is 17.4 Å². The molecule has 2 rings (SSSR count). The van der Waals surface area contributed by atoms with Gasteiger partial charge in [-0.25, -0.2) is 4.39 Å². The van der Waals surface area contributed by atoms with E-state index in [1.54, 1.807) is 12.1 Å². The third kappa shape index (κ3) is 3.64. The molecule has 2 atom stereocenters. The van der Waals surface area contributed by atoms with Crippen LogP contribution in [-0.4, -0.2) is 18.0 Å². The van der Waals surface area contributed by atoms with Crippen molar-refractivity contribution in [3.8, 4) is 0 Å². The summed E-state index contributed by atoms with van der Waals surface area (Å²) in [7, 11) is 0. The van der Waals surface area contributed by atoms with E-state index in [9.17, 15) is 9.18 Å². The van der Waals surface area contributed by atoms with Crippen LogP contribution >= 0.6 is 11.6 Å². The van der Waals surface area contributed by atoms with Gasteiger partial charge in [0.05, 0.1) is 5.02 Å². The predicted molar refractivity (Wildman–Crippen MR) is 82.1 cm³/mol. The third-order valence-corrected chi connectivity index (χ3v) is 4.56. The quantitative estimate of drug-likeness (QED) is 0.795. The van der Waals surface area contributed by atoms with Crippen molar-refractivity contribution in [3.63, 3.8) is 0 Å². The van der Waals surface area contributed by atoms with Crippen LogP contribution in [0.1, 0.15) is 45.1 Å². The minimum atomic E-state index is -0.749. The minimum absolute atomic E-state index is 0.0305. The Balaban J connectivity index is 2.21. The van der Waals surface area contributed by atoms with Crippen molar-refractivity contribution in [2.75, 3.05) is 6.61 Å². The number of benzene rings is 1. The molecule has 1 aliphatic rings. The number of ether oxygens (including phenoxy) is 1. The highest BCUT2D eigenvalue weighted by atomic mass is 35.5. The molecule has 0 radical (unpaired) electrons. The van der Waals surface area contributed by atoms with Gasteiger partial charge in [-0.15, -0.1) is 0 Å². The van der Waals surface area contributed by atoms with Gasteiger partial charge in [0.15, 0.2) is 5.78 Å². The number of hydrogen-bond acceptors (Lipinski definition) is 2. The highest BCUT2D eigenvalue weighted by Crippen LogP contribution is 2.37. The normalized spacial score (nSPS) is 25.8. The SMILES string of the molecule is CCOC1(C(=O)Cc2cccc(Cl)c2F)CCCC(C)C1. The summed E-state index contributed by atoms with van der Waals surface area (Å²) < 4.78 is 19.8. The minimum Gasteiger partial charge on any atom is -0.367 e. The summed E-state index contributed by atoms with van der Waals surface area (Å²) >= 11 is 5.78. The Morgan fingerprint density at radius 1 is 1.52 bits per heavy atom. The van der Waals surface area contributed by atoms with Gasteiger partial charge in [0, 0.05) is 13.0 Å². The number of Topliss-reactive ketones (excluding diaryl/α,β-unsaturated/α-hetero) is 1. The van der Waals surface area contributed by atoms with Gasteiger partial charge in [-0.1, -0.05) is 37.1 Å². The zero-order valence-electron chi connectivity index (χ0n) is 12.6. The van der Waals surface area contributed by atoms with Crippen molar-refractivity contribution in [1.82, 2.24) is 0 Å². The van der Waals surface area contributed by atoms with Crippen LogP contribution in [0.2, 0.25) is 5.02 Å². The average Bonchev–Trinajstić information content (AvgIpc) is 2.44. The molecule has 116 valence electrons. The summed E-state index contributed by atoms with van der Waals surface area (Å²) in [4.78, 5) is 12.8. The van der Waals surface area contributed by atoms with Crippen LogP contribution in [-0.2, 0) is 16.0 Å². The molecule has 0 amide bonds. The summed E-state index contributed by atoms with van der Waals surface area (Å²) in [5.41, 5.74) is -0.397. The largest absolute Gasteiger partial charge is 0.367 e. The van der Waals surface area contributed by atoms with Crippen LogP contribution in [0.4, 0.5) is 4.39 Å². The Kier molecular flexibility index (Phi) is 5.39. The molecule has 0 bridgehead atoms. The summed E-state index contributed by atoms with van der Waals surface area (Å²) in [6.45, 7) is 4.53. The van der Waals surface area contributed by atoms with E-state index in [1.807, 2.05) is 6.92 Å². The molecule has 0 aromatic heterocycles. The lowest BCUT2D eigenvalue weighted by Crippen LogP contribution is -2.46. The highest BCUT2D eigenvalue weighted by molar-refractivity contribution is 6.30. The topological polar surface area (TPSA) is 26.3 Å². The van der Waals surface area contributed by atoms with Gasteiger partial charge in [0.1, 0.15) is 11.4 Å². The predicted octanol–water partition coefficient (Wildman–Crippen LogP) is 4.58. The van der Waals surface area contributed by atoms with Crippen LogP contribution < -0.4 is 0 Å².